The normalized spacial score (nSPS) is 12.0. The van der Waals surface area contributed by atoms with Gasteiger partial charge in [-0.25, -0.2) is 4.39 Å². The summed E-state index contributed by atoms with van der Waals surface area (Å²) in [6.07, 6.45) is -0.836. The molecule has 3 nitrogen and oxygen atoms in total. The summed E-state index contributed by atoms with van der Waals surface area (Å²) in [6.45, 7) is 1.84. The molecule has 21 heavy (non-hydrogen) atoms. The van der Waals surface area contributed by atoms with Crippen molar-refractivity contribution in [1.82, 2.24) is 0 Å². The number of halogens is 2. The van der Waals surface area contributed by atoms with Gasteiger partial charge in [0, 0.05) is 11.6 Å². The van der Waals surface area contributed by atoms with E-state index in [0.29, 0.717) is 12.4 Å². The maximum Gasteiger partial charge on any atom is 0.133 e. The van der Waals surface area contributed by atoms with Crippen LogP contribution in [0, 0.1) is 5.82 Å². The van der Waals surface area contributed by atoms with Gasteiger partial charge < -0.3 is 14.6 Å². The number of aliphatic hydroxyl groups is 1. The average Bonchev–Trinajstić information content (AvgIpc) is 2.45. The van der Waals surface area contributed by atoms with Gasteiger partial charge in [0.2, 0.25) is 0 Å². The predicted octanol–water partition coefficient (Wildman–Crippen LogP) is 4.23. The van der Waals surface area contributed by atoms with Crippen molar-refractivity contribution in [1.29, 1.82) is 0 Å². The Kier molecular flexibility index (Phi) is 5.20. The van der Waals surface area contributed by atoms with Gasteiger partial charge in [0.05, 0.1) is 17.7 Å². The summed E-state index contributed by atoms with van der Waals surface area (Å²) in [5, 5.41) is 9.39. The van der Waals surface area contributed by atoms with Crippen LogP contribution in [0.3, 0.4) is 0 Å². The van der Waals surface area contributed by atoms with Crippen LogP contribution >= 0.6 is 15.9 Å². The zero-order valence-corrected chi connectivity index (χ0v) is 13.4. The van der Waals surface area contributed by atoms with E-state index in [1.165, 1.54) is 19.1 Å². The molecule has 0 fully saturated rings. The van der Waals surface area contributed by atoms with Gasteiger partial charge in [0.15, 0.2) is 0 Å². The van der Waals surface area contributed by atoms with E-state index in [1.54, 1.807) is 13.2 Å². The van der Waals surface area contributed by atoms with Gasteiger partial charge in [0.1, 0.15) is 23.9 Å². The molecule has 5 heteroatoms. The van der Waals surface area contributed by atoms with Crippen LogP contribution in [-0.4, -0.2) is 12.2 Å². The highest BCUT2D eigenvalue weighted by molar-refractivity contribution is 9.10. The van der Waals surface area contributed by atoms with Crippen LogP contribution in [0.1, 0.15) is 24.2 Å². The molecular weight excluding hydrogens is 339 g/mol. The van der Waals surface area contributed by atoms with E-state index in [0.717, 1.165) is 15.8 Å². The smallest absolute Gasteiger partial charge is 0.133 e. The Bertz CT molecular complexity index is 629. The summed E-state index contributed by atoms with van der Waals surface area (Å²) in [5.74, 6) is 0.688. The van der Waals surface area contributed by atoms with Crippen LogP contribution in [0.5, 0.6) is 11.5 Å². The van der Waals surface area contributed by atoms with Crippen LogP contribution in [0.25, 0.3) is 0 Å². The third kappa shape index (κ3) is 3.95. The first-order valence-corrected chi connectivity index (χ1v) is 7.23. The Morgan fingerprint density at radius 1 is 1.24 bits per heavy atom. The number of hydrogen-bond donors (Lipinski definition) is 1. The second kappa shape index (κ2) is 6.91. The zero-order valence-electron chi connectivity index (χ0n) is 11.8. The first kappa shape index (κ1) is 15.8. The Labute approximate surface area is 131 Å². The summed E-state index contributed by atoms with van der Waals surface area (Å²) in [6, 6.07) is 10.0. The summed E-state index contributed by atoms with van der Waals surface area (Å²) in [4.78, 5) is 0. The van der Waals surface area contributed by atoms with Crippen molar-refractivity contribution in [3.05, 3.63) is 57.8 Å². The second-order valence-electron chi connectivity index (χ2n) is 4.62. The molecular formula is C16H16BrFO3. The van der Waals surface area contributed by atoms with Crippen molar-refractivity contribution in [2.75, 3.05) is 7.11 Å². The monoisotopic (exact) mass is 354 g/mol. The fraction of sp³-hybridized carbons (Fsp3) is 0.250. The van der Waals surface area contributed by atoms with Crippen molar-refractivity contribution >= 4 is 15.9 Å². The first-order chi connectivity index (χ1) is 10.0. The van der Waals surface area contributed by atoms with Crippen molar-refractivity contribution in [2.45, 2.75) is 19.6 Å². The van der Waals surface area contributed by atoms with E-state index in [2.05, 4.69) is 15.9 Å². The fourth-order valence-electron chi connectivity index (χ4n) is 1.90. The second-order valence-corrected chi connectivity index (χ2v) is 5.47. The van der Waals surface area contributed by atoms with Gasteiger partial charge >= 0.3 is 0 Å². The van der Waals surface area contributed by atoms with Crippen LogP contribution in [0.15, 0.2) is 40.9 Å². The number of aliphatic hydroxyl groups excluding tert-OH is 1. The quantitative estimate of drug-likeness (QED) is 0.873. The van der Waals surface area contributed by atoms with E-state index in [4.69, 9.17) is 9.47 Å². The fourth-order valence-corrected chi connectivity index (χ4v) is 2.49. The Morgan fingerprint density at radius 3 is 2.57 bits per heavy atom. The molecule has 0 aromatic heterocycles. The average molecular weight is 355 g/mol. The Morgan fingerprint density at radius 2 is 2.00 bits per heavy atom. The molecule has 0 aliphatic heterocycles. The largest absolute Gasteiger partial charge is 0.496 e. The lowest BCUT2D eigenvalue weighted by Crippen LogP contribution is -1.99. The predicted molar refractivity (Wildman–Crippen MR) is 82.1 cm³/mol. The van der Waals surface area contributed by atoms with Crippen LogP contribution in [-0.2, 0) is 6.61 Å². The minimum Gasteiger partial charge on any atom is -0.496 e. The summed E-state index contributed by atoms with van der Waals surface area (Å²) < 4.78 is 25.3. The maximum atomic E-state index is 13.7. The standard InChI is InChI=1S/C16H16BrFO3/c1-10(19)13-5-4-12(8-15(13)18)21-9-11-3-6-16(20-2)14(17)7-11/h3-8,10,19H,9H2,1-2H3. The van der Waals surface area contributed by atoms with Crippen LogP contribution in [0.2, 0.25) is 0 Å². The molecule has 0 spiro atoms. The molecule has 0 saturated carbocycles. The highest BCUT2D eigenvalue weighted by atomic mass is 79.9. The minimum atomic E-state index is -0.836. The van der Waals surface area contributed by atoms with Gasteiger partial charge in [-0.1, -0.05) is 6.07 Å². The van der Waals surface area contributed by atoms with Gasteiger partial charge in [-0.2, -0.15) is 0 Å². The molecule has 1 atom stereocenters. The first-order valence-electron chi connectivity index (χ1n) is 6.44. The molecule has 0 amide bonds. The molecule has 0 aliphatic carbocycles. The molecule has 2 rings (SSSR count). The van der Waals surface area contributed by atoms with Gasteiger partial charge in [-0.3, -0.25) is 0 Å². The molecule has 2 aromatic rings. The zero-order chi connectivity index (χ0) is 15.4. The van der Waals surface area contributed by atoms with E-state index >= 15 is 0 Å². The molecule has 0 radical (unpaired) electrons. The lowest BCUT2D eigenvalue weighted by atomic mass is 10.1. The van der Waals surface area contributed by atoms with Crippen LogP contribution < -0.4 is 9.47 Å². The molecule has 1 N–H and O–H groups in total. The minimum absolute atomic E-state index is 0.259. The summed E-state index contributed by atoms with van der Waals surface area (Å²) in [5.41, 5.74) is 1.19. The molecule has 0 aliphatic rings. The highest BCUT2D eigenvalue weighted by Crippen LogP contribution is 2.27. The van der Waals surface area contributed by atoms with Crippen molar-refractivity contribution < 1.29 is 19.0 Å². The van der Waals surface area contributed by atoms with E-state index < -0.39 is 11.9 Å². The van der Waals surface area contributed by atoms with Gasteiger partial charge in [0.25, 0.3) is 0 Å². The van der Waals surface area contributed by atoms with Gasteiger partial charge in [-0.05, 0) is 52.7 Å². The summed E-state index contributed by atoms with van der Waals surface area (Å²) >= 11 is 3.40. The Balaban J connectivity index is 2.06. The SMILES string of the molecule is COc1ccc(COc2ccc(C(C)O)c(F)c2)cc1Br. The molecule has 0 saturated heterocycles. The lowest BCUT2D eigenvalue weighted by Gasteiger charge is -2.11. The van der Waals surface area contributed by atoms with E-state index in [9.17, 15) is 9.50 Å². The lowest BCUT2D eigenvalue weighted by molar-refractivity contribution is 0.194. The van der Waals surface area contributed by atoms with Crippen molar-refractivity contribution in [3.8, 4) is 11.5 Å². The van der Waals surface area contributed by atoms with Crippen LogP contribution in [0.4, 0.5) is 4.39 Å². The molecule has 112 valence electrons. The van der Waals surface area contributed by atoms with E-state index in [-0.39, 0.29) is 5.56 Å². The molecule has 1 unspecified atom stereocenters. The van der Waals surface area contributed by atoms with E-state index in [1.807, 2.05) is 18.2 Å². The highest BCUT2D eigenvalue weighted by Gasteiger charge is 2.09. The number of benzene rings is 2. The summed E-state index contributed by atoms with van der Waals surface area (Å²) in [7, 11) is 1.60. The maximum absolute atomic E-state index is 13.7. The van der Waals surface area contributed by atoms with Crippen molar-refractivity contribution in [2.24, 2.45) is 0 Å². The number of hydrogen-bond acceptors (Lipinski definition) is 3. The number of rotatable bonds is 5. The third-order valence-electron chi connectivity index (χ3n) is 3.04. The molecule has 0 bridgehead atoms. The number of ether oxygens (including phenoxy) is 2. The third-order valence-corrected chi connectivity index (χ3v) is 3.66. The Hall–Kier alpha value is -1.59. The number of methoxy groups -OCH3 is 1. The van der Waals surface area contributed by atoms with Crippen molar-refractivity contribution in [3.63, 3.8) is 0 Å². The molecule has 2 aromatic carbocycles. The molecule has 0 heterocycles. The van der Waals surface area contributed by atoms with Gasteiger partial charge in [-0.15, -0.1) is 0 Å². The topological polar surface area (TPSA) is 38.7 Å².